The van der Waals surface area contributed by atoms with Crippen molar-refractivity contribution in [2.75, 3.05) is 19.0 Å². The van der Waals surface area contributed by atoms with E-state index in [2.05, 4.69) is 20.6 Å². The number of rotatable bonds is 5. The molecule has 2 aromatic rings. The Balaban J connectivity index is 1.86. The van der Waals surface area contributed by atoms with E-state index in [-0.39, 0.29) is 12.4 Å². The van der Waals surface area contributed by atoms with Crippen molar-refractivity contribution in [3.63, 3.8) is 0 Å². The van der Waals surface area contributed by atoms with Gasteiger partial charge in [0.25, 0.3) is 0 Å². The van der Waals surface area contributed by atoms with Crippen molar-refractivity contribution in [2.45, 2.75) is 6.10 Å². The first-order valence-electron chi connectivity index (χ1n) is 5.79. The number of carbonyl (C=O) groups is 1. The fraction of sp³-hybridized carbons (Fsp3) is 0.250. The maximum absolute atomic E-state index is 11.7. The maximum Gasteiger partial charge on any atom is 0.320 e. The molecule has 0 bridgehead atoms. The molecule has 20 heavy (non-hydrogen) atoms. The highest BCUT2D eigenvalue weighted by Crippen LogP contribution is 2.18. The Morgan fingerprint density at radius 1 is 1.60 bits per heavy atom. The molecule has 0 spiro atoms. The summed E-state index contributed by atoms with van der Waals surface area (Å²) in [5.74, 6) is 0.631. The molecule has 0 aliphatic heterocycles. The van der Waals surface area contributed by atoms with Gasteiger partial charge in [-0.2, -0.15) is 11.3 Å². The van der Waals surface area contributed by atoms with Crippen LogP contribution in [0.5, 0.6) is 5.75 Å². The molecule has 0 aliphatic carbocycles. The number of thiophene rings is 1. The second-order valence-corrected chi connectivity index (χ2v) is 4.63. The molecule has 0 aliphatic rings. The Morgan fingerprint density at radius 2 is 2.45 bits per heavy atom. The number of aliphatic hydroxyl groups excluding tert-OH is 1. The Hall–Kier alpha value is -2.19. The van der Waals surface area contributed by atoms with Crippen LogP contribution in [0.1, 0.15) is 11.7 Å². The van der Waals surface area contributed by atoms with Gasteiger partial charge >= 0.3 is 6.03 Å². The number of nitrogens with one attached hydrogen (secondary N) is 2. The summed E-state index contributed by atoms with van der Waals surface area (Å²) in [4.78, 5) is 19.4. The lowest BCUT2D eigenvalue weighted by molar-refractivity contribution is 0.175. The average Bonchev–Trinajstić information content (AvgIpc) is 2.99. The highest BCUT2D eigenvalue weighted by Gasteiger charge is 2.12. The topological polar surface area (TPSA) is 96.4 Å². The number of hydrogen-bond donors (Lipinski definition) is 3. The van der Waals surface area contributed by atoms with Gasteiger partial charge in [0.15, 0.2) is 11.6 Å². The molecule has 106 valence electrons. The Bertz CT molecular complexity index is 562. The predicted molar refractivity (Wildman–Crippen MR) is 74.9 cm³/mol. The van der Waals surface area contributed by atoms with Gasteiger partial charge in [-0.25, -0.2) is 14.8 Å². The summed E-state index contributed by atoms with van der Waals surface area (Å²) in [6.07, 6.45) is 2.01. The zero-order valence-corrected chi connectivity index (χ0v) is 11.6. The lowest BCUT2D eigenvalue weighted by atomic mass is 10.2. The molecule has 2 aromatic heterocycles. The SMILES string of the molecule is COc1cncnc1NC(=O)NC[C@@H](O)c1ccsc1. The van der Waals surface area contributed by atoms with Crippen LogP contribution in [0.2, 0.25) is 0 Å². The number of aliphatic hydroxyl groups is 1. The van der Waals surface area contributed by atoms with Crippen molar-refractivity contribution in [3.8, 4) is 5.75 Å². The van der Waals surface area contributed by atoms with Crippen molar-refractivity contribution in [1.82, 2.24) is 15.3 Å². The van der Waals surface area contributed by atoms with Gasteiger partial charge in [-0.3, -0.25) is 5.32 Å². The van der Waals surface area contributed by atoms with E-state index in [1.807, 2.05) is 16.8 Å². The lowest BCUT2D eigenvalue weighted by Gasteiger charge is -2.12. The van der Waals surface area contributed by atoms with Gasteiger partial charge in [0, 0.05) is 6.54 Å². The van der Waals surface area contributed by atoms with Gasteiger partial charge in [-0.15, -0.1) is 0 Å². The van der Waals surface area contributed by atoms with Crippen molar-refractivity contribution in [1.29, 1.82) is 0 Å². The summed E-state index contributed by atoms with van der Waals surface area (Å²) < 4.78 is 5.02. The fourth-order valence-electron chi connectivity index (χ4n) is 1.48. The molecule has 0 aromatic carbocycles. The quantitative estimate of drug-likeness (QED) is 0.774. The molecule has 3 N–H and O–H groups in total. The molecule has 2 amide bonds. The van der Waals surface area contributed by atoms with Crippen LogP contribution in [0.25, 0.3) is 0 Å². The van der Waals surface area contributed by atoms with E-state index in [1.165, 1.54) is 31.0 Å². The van der Waals surface area contributed by atoms with Crippen LogP contribution in [-0.4, -0.2) is 34.8 Å². The van der Waals surface area contributed by atoms with Gasteiger partial charge < -0.3 is 15.2 Å². The van der Waals surface area contributed by atoms with Crippen LogP contribution < -0.4 is 15.4 Å². The highest BCUT2D eigenvalue weighted by atomic mass is 32.1. The van der Waals surface area contributed by atoms with Crippen LogP contribution >= 0.6 is 11.3 Å². The van der Waals surface area contributed by atoms with E-state index in [0.717, 1.165) is 5.56 Å². The standard InChI is InChI=1S/C12H14N4O3S/c1-19-10-5-13-7-15-11(10)16-12(18)14-4-9(17)8-2-3-20-6-8/h2-3,5-7,9,17H,4H2,1H3,(H2,13,14,15,16,18)/t9-/m1/s1. The zero-order chi connectivity index (χ0) is 14.4. The first kappa shape index (κ1) is 14.2. The molecule has 0 unspecified atom stereocenters. The first-order valence-corrected chi connectivity index (χ1v) is 6.74. The molecule has 0 fully saturated rings. The van der Waals surface area contributed by atoms with Crippen LogP contribution in [0.3, 0.4) is 0 Å². The Kier molecular flexibility index (Phi) is 4.85. The number of methoxy groups -OCH3 is 1. The van der Waals surface area contributed by atoms with Crippen molar-refractivity contribution in [2.24, 2.45) is 0 Å². The van der Waals surface area contributed by atoms with E-state index < -0.39 is 12.1 Å². The highest BCUT2D eigenvalue weighted by molar-refractivity contribution is 7.07. The Labute approximate surface area is 119 Å². The summed E-state index contributed by atoms with van der Waals surface area (Å²) in [6.45, 7) is 0.107. The fourth-order valence-corrected chi connectivity index (χ4v) is 2.19. The van der Waals surface area contributed by atoms with Crippen molar-refractivity contribution >= 4 is 23.2 Å². The molecule has 0 saturated heterocycles. The lowest BCUT2D eigenvalue weighted by Crippen LogP contribution is -2.32. The first-order chi connectivity index (χ1) is 9.70. The van der Waals surface area contributed by atoms with Crippen molar-refractivity contribution < 1.29 is 14.6 Å². The van der Waals surface area contributed by atoms with Gasteiger partial charge in [0.2, 0.25) is 0 Å². The smallest absolute Gasteiger partial charge is 0.320 e. The molecule has 8 heteroatoms. The van der Waals surface area contributed by atoms with Gasteiger partial charge in [0.05, 0.1) is 19.4 Å². The second kappa shape index (κ2) is 6.83. The summed E-state index contributed by atoms with van der Waals surface area (Å²) in [5.41, 5.74) is 0.773. The van der Waals surface area contributed by atoms with E-state index in [4.69, 9.17) is 4.74 Å². The number of ether oxygens (including phenoxy) is 1. The van der Waals surface area contributed by atoms with E-state index >= 15 is 0 Å². The number of nitrogens with zero attached hydrogens (tertiary/aromatic N) is 2. The summed E-state index contributed by atoms with van der Waals surface area (Å²) in [7, 11) is 1.46. The molecule has 0 saturated carbocycles. The third-order valence-electron chi connectivity index (χ3n) is 2.51. The summed E-state index contributed by atoms with van der Waals surface area (Å²) in [5, 5.41) is 18.6. The van der Waals surface area contributed by atoms with Gasteiger partial charge in [-0.05, 0) is 22.4 Å². The van der Waals surface area contributed by atoms with Crippen LogP contribution in [-0.2, 0) is 0 Å². The Morgan fingerprint density at radius 3 is 3.15 bits per heavy atom. The molecule has 2 rings (SSSR count). The number of carbonyl (C=O) groups excluding carboxylic acids is 1. The molecular weight excluding hydrogens is 280 g/mol. The van der Waals surface area contributed by atoms with Crippen molar-refractivity contribution in [3.05, 3.63) is 34.9 Å². The molecule has 1 atom stereocenters. The molecule has 7 nitrogen and oxygen atoms in total. The van der Waals surface area contributed by atoms with Gasteiger partial charge in [-0.1, -0.05) is 0 Å². The third kappa shape index (κ3) is 3.65. The normalized spacial score (nSPS) is 11.7. The van der Waals surface area contributed by atoms with Gasteiger partial charge in [0.1, 0.15) is 6.33 Å². The van der Waals surface area contributed by atoms with E-state index in [0.29, 0.717) is 5.75 Å². The molecule has 0 radical (unpaired) electrons. The number of amides is 2. The zero-order valence-electron chi connectivity index (χ0n) is 10.7. The number of hydrogen-bond acceptors (Lipinski definition) is 6. The summed E-state index contributed by atoms with van der Waals surface area (Å²) in [6, 6.07) is 1.33. The van der Waals surface area contributed by atoms with E-state index in [9.17, 15) is 9.90 Å². The van der Waals surface area contributed by atoms with Crippen LogP contribution in [0.4, 0.5) is 10.6 Å². The largest absolute Gasteiger partial charge is 0.491 e. The second-order valence-electron chi connectivity index (χ2n) is 3.85. The third-order valence-corrected chi connectivity index (χ3v) is 3.22. The summed E-state index contributed by atoms with van der Waals surface area (Å²) >= 11 is 1.49. The monoisotopic (exact) mass is 294 g/mol. The number of anilines is 1. The average molecular weight is 294 g/mol. The van der Waals surface area contributed by atoms with E-state index in [1.54, 1.807) is 0 Å². The van der Waals surface area contributed by atoms with Crippen LogP contribution in [0.15, 0.2) is 29.4 Å². The molecule has 2 heterocycles. The number of urea groups is 1. The number of aromatic nitrogens is 2. The maximum atomic E-state index is 11.7. The minimum Gasteiger partial charge on any atom is -0.491 e. The molecular formula is C12H14N4O3S. The minimum atomic E-state index is -0.737. The predicted octanol–water partition coefficient (Wildman–Crippen LogP) is 1.40. The minimum absolute atomic E-state index is 0.107. The van der Waals surface area contributed by atoms with Crippen LogP contribution in [0, 0.1) is 0 Å².